The maximum absolute atomic E-state index is 12.7. The molecule has 0 aromatic carbocycles. The van der Waals surface area contributed by atoms with Crippen molar-refractivity contribution >= 4 is 21.9 Å². The van der Waals surface area contributed by atoms with Crippen LogP contribution in [0.25, 0.3) is 0 Å². The molecule has 1 rings (SSSR count). The van der Waals surface area contributed by atoms with Crippen molar-refractivity contribution in [3.05, 3.63) is 18.3 Å². The summed E-state index contributed by atoms with van der Waals surface area (Å²) in [5.41, 5.74) is 0. The van der Waals surface area contributed by atoms with Gasteiger partial charge in [0.15, 0.2) is 0 Å². The Hall–Kier alpha value is -2.20. The summed E-state index contributed by atoms with van der Waals surface area (Å²) in [7, 11) is -4.09. The molecule has 0 spiro atoms. The van der Waals surface area contributed by atoms with Crippen LogP contribution in [0.4, 0.5) is 0 Å². The highest BCUT2D eigenvalue weighted by atomic mass is 32.2. The number of sulfonamides is 1. The molecule has 0 saturated heterocycles. The summed E-state index contributed by atoms with van der Waals surface area (Å²) in [5.74, 6) is -1.36. The molecule has 9 nitrogen and oxygen atoms in total. The van der Waals surface area contributed by atoms with Gasteiger partial charge in [-0.3, -0.25) is 9.59 Å². The van der Waals surface area contributed by atoms with Gasteiger partial charge in [-0.2, -0.15) is 4.31 Å². The van der Waals surface area contributed by atoms with E-state index in [1.807, 2.05) is 0 Å². The third-order valence-electron chi connectivity index (χ3n) is 3.10. The Morgan fingerprint density at radius 1 is 1.42 bits per heavy atom. The number of hydrogen-bond acceptors (Lipinski definition) is 6. The van der Waals surface area contributed by atoms with E-state index in [9.17, 15) is 18.0 Å². The minimum absolute atomic E-state index is 0.00333. The number of ether oxygens (including phenoxy) is 1. The van der Waals surface area contributed by atoms with Crippen molar-refractivity contribution in [2.75, 3.05) is 19.7 Å². The summed E-state index contributed by atoms with van der Waals surface area (Å²) >= 11 is 0. The number of carbonyl (C=O) groups excluding carboxylic acids is 1. The average Bonchev–Trinajstić information content (AvgIpc) is 2.51. The lowest BCUT2D eigenvalue weighted by molar-refractivity contribution is -0.140. The van der Waals surface area contributed by atoms with E-state index in [0.717, 1.165) is 10.5 Å². The number of aliphatic carboxylic acids is 1. The number of aromatic nitrogens is 1. The average molecular weight is 359 g/mol. The van der Waals surface area contributed by atoms with Gasteiger partial charge in [0.05, 0.1) is 12.8 Å². The Balaban J connectivity index is 3.08. The SMILES string of the molecule is CCOc1ccc(S(=O)(=O)N(CCNC(C)=O)C(C)C(=O)O)cn1. The Kier molecular flexibility index (Phi) is 7.11. The molecule has 1 heterocycles. The molecular weight excluding hydrogens is 338 g/mol. The van der Waals surface area contributed by atoms with Gasteiger partial charge in [-0.05, 0) is 19.9 Å². The molecule has 0 aliphatic rings. The van der Waals surface area contributed by atoms with E-state index < -0.39 is 22.0 Å². The minimum Gasteiger partial charge on any atom is -0.480 e. The van der Waals surface area contributed by atoms with Gasteiger partial charge in [0.25, 0.3) is 0 Å². The van der Waals surface area contributed by atoms with Gasteiger partial charge >= 0.3 is 5.97 Å². The molecule has 1 aromatic rings. The van der Waals surface area contributed by atoms with E-state index >= 15 is 0 Å². The maximum atomic E-state index is 12.7. The van der Waals surface area contributed by atoms with E-state index in [4.69, 9.17) is 9.84 Å². The van der Waals surface area contributed by atoms with E-state index in [1.165, 1.54) is 26.0 Å². The van der Waals surface area contributed by atoms with Crippen LogP contribution in [-0.4, -0.2) is 60.4 Å². The second kappa shape index (κ2) is 8.60. The molecule has 134 valence electrons. The predicted octanol–water partition coefficient (Wildman–Crippen LogP) is 0.0802. The molecule has 24 heavy (non-hydrogen) atoms. The second-order valence-electron chi connectivity index (χ2n) is 4.88. The van der Waals surface area contributed by atoms with Gasteiger partial charge in [-0.25, -0.2) is 13.4 Å². The quantitative estimate of drug-likeness (QED) is 0.639. The fraction of sp³-hybridized carbons (Fsp3) is 0.500. The maximum Gasteiger partial charge on any atom is 0.321 e. The zero-order chi connectivity index (χ0) is 18.3. The number of nitrogens with one attached hydrogen (secondary N) is 1. The van der Waals surface area contributed by atoms with E-state index in [2.05, 4.69) is 10.3 Å². The molecular formula is C14H21N3O6S. The first-order valence-corrected chi connectivity index (χ1v) is 8.72. The van der Waals surface area contributed by atoms with Gasteiger partial charge < -0.3 is 15.2 Å². The topological polar surface area (TPSA) is 126 Å². The number of carboxylic acids is 1. The zero-order valence-corrected chi connectivity index (χ0v) is 14.5. The molecule has 2 N–H and O–H groups in total. The van der Waals surface area contributed by atoms with Crippen LogP contribution in [0.5, 0.6) is 5.88 Å². The third-order valence-corrected chi connectivity index (χ3v) is 5.06. The molecule has 1 atom stereocenters. The van der Waals surface area contributed by atoms with E-state index in [1.54, 1.807) is 6.92 Å². The third kappa shape index (κ3) is 5.17. The van der Waals surface area contributed by atoms with Crippen LogP contribution in [-0.2, 0) is 19.6 Å². The normalized spacial score (nSPS) is 12.7. The van der Waals surface area contributed by atoms with Gasteiger partial charge in [0, 0.05) is 26.1 Å². The molecule has 0 radical (unpaired) electrons. The number of amides is 1. The fourth-order valence-corrected chi connectivity index (χ4v) is 3.41. The van der Waals surface area contributed by atoms with Crippen LogP contribution in [0.1, 0.15) is 20.8 Å². The van der Waals surface area contributed by atoms with Gasteiger partial charge in [-0.1, -0.05) is 0 Å². The lowest BCUT2D eigenvalue weighted by Gasteiger charge is -2.25. The van der Waals surface area contributed by atoms with Crippen molar-refractivity contribution in [3.63, 3.8) is 0 Å². The number of nitrogens with zero attached hydrogens (tertiary/aromatic N) is 2. The monoisotopic (exact) mass is 359 g/mol. The number of carbonyl (C=O) groups is 2. The number of rotatable bonds is 9. The lowest BCUT2D eigenvalue weighted by Crippen LogP contribution is -2.46. The largest absolute Gasteiger partial charge is 0.480 e. The molecule has 0 saturated carbocycles. The molecule has 0 aliphatic carbocycles. The van der Waals surface area contributed by atoms with Crippen molar-refractivity contribution in [1.29, 1.82) is 0 Å². The van der Waals surface area contributed by atoms with Crippen LogP contribution in [0.2, 0.25) is 0 Å². The first-order chi connectivity index (χ1) is 11.2. The smallest absolute Gasteiger partial charge is 0.321 e. The standard InChI is InChI=1S/C14H21N3O6S/c1-4-23-13-6-5-12(9-16-13)24(21,22)17(10(2)14(19)20)8-7-15-11(3)18/h5-6,9-10H,4,7-8H2,1-3H3,(H,15,18)(H,19,20). The molecule has 1 unspecified atom stereocenters. The van der Waals surface area contributed by atoms with E-state index in [0.29, 0.717) is 6.61 Å². The first kappa shape index (κ1) is 19.8. The molecule has 1 amide bonds. The summed E-state index contributed by atoms with van der Waals surface area (Å²) < 4.78 is 31.3. The zero-order valence-electron chi connectivity index (χ0n) is 13.7. The summed E-state index contributed by atoms with van der Waals surface area (Å²) in [4.78, 5) is 25.9. The molecule has 1 aromatic heterocycles. The minimum atomic E-state index is -4.09. The molecule has 10 heteroatoms. The van der Waals surface area contributed by atoms with Crippen molar-refractivity contribution in [1.82, 2.24) is 14.6 Å². The Morgan fingerprint density at radius 2 is 2.08 bits per heavy atom. The Labute approximate surface area is 140 Å². The molecule has 0 bridgehead atoms. The van der Waals surface area contributed by atoms with Crippen molar-refractivity contribution in [2.24, 2.45) is 0 Å². The molecule has 0 aliphatic heterocycles. The van der Waals surface area contributed by atoms with Crippen molar-refractivity contribution < 1.29 is 27.9 Å². The van der Waals surface area contributed by atoms with Gasteiger partial charge in [0.2, 0.25) is 21.8 Å². The highest BCUT2D eigenvalue weighted by molar-refractivity contribution is 7.89. The van der Waals surface area contributed by atoms with Crippen LogP contribution in [0.15, 0.2) is 23.2 Å². The van der Waals surface area contributed by atoms with Gasteiger partial charge in [0.1, 0.15) is 10.9 Å². The lowest BCUT2D eigenvalue weighted by atomic mass is 10.3. The number of carboxylic acid groups (broad SMARTS) is 1. The molecule has 0 fully saturated rings. The fourth-order valence-electron chi connectivity index (χ4n) is 1.88. The van der Waals surface area contributed by atoms with Crippen LogP contribution in [0.3, 0.4) is 0 Å². The van der Waals surface area contributed by atoms with E-state index in [-0.39, 0.29) is 29.8 Å². The summed E-state index contributed by atoms with van der Waals surface area (Å²) in [5, 5.41) is 11.6. The summed E-state index contributed by atoms with van der Waals surface area (Å²) in [6.07, 6.45) is 1.11. The van der Waals surface area contributed by atoms with Crippen LogP contribution < -0.4 is 10.1 Å². The van der Waals surface area contributed by atoms with Crippen LogP contribution >= 0.6 is 0 Å². The second-order valence-corrected chi connectivity index (χ2v) is 6.77. The van der Waals surface area contributed by atoms with Crippen LogP contribution in [0, 0.1) is 0 Å². The number of hydrogen-bond donors (Lipinski definition) is 2. The highest BCUT2D eigenvalue weighted by Crippen LogP contribution is 2.19. The summed E-state index contributed by atoms with van der Waals surface area (Å²) in [6.45, 7) is 4.52. The predicted molar refractivity (Wildman–Crippen MR) is 85.1 cm³/mol. The Morgan fingerprint density at radius 3 is 2.54 bits per heavy atom. The summed E-state index contributed by atoms with van der Waals surface area (Å²) in [6, 6.07) is 1.40. The Bertz CT molecular complexity index is 674. The van der Waals surface area contributed by atoms with Crippen molar-refractivity contribution in [3.8, 4) is 5.88 Å². The highest BCUT2D eigenvalue weighted by Gasteiger charge is 2.33. The first-order valence-electron chi connectivity index (χ1n) is 7.28. The van der Waals surface area contributed by atoms with Gasteiger partial charge in [-0.15, -0.1) is 0 Å². The van der Waals surface area contributed by atoms with Crippen molar-refractivity contribution in [2.45, 2.75) is 31.7 Å². The number of pyridine rings is 1.